The highest BCUT2D eigenvalue weighted by atomic mass is 19.1. The van der Waals surface area contributed by atoms with Crippen molar-refractivity contribution in [2.75, 3.05) is 55.6 Å². The van der Waals surface area contributed by atoms with Gasteiger partial charge in [0.15, 0.2) is 0 Å². The highest BCUT2D eigenvalue weighted by molar-refractivity contribution is 6.05. The van der Waals surface area contributed by atoms with Crippen molar-refractivity contribution in [3.63, 3.8) is 0 Å². The number of phenols is 1. The second kappa shape index (κ2) is 15.3. The van der Waals surface area contributed by atoms with Gasteiger partial charge in [-0.1, -0.05) is 61.5 Å². The number of piperidine rings is 2. The summed E-state index contributed by atoms with van der Waals surface area (Å²) in [5, 5.41) is 12.4. The molecular weight excluding hydrogens is 694 g/mol. The van der Waals surface area contributed by atoms with Crippen LogP contribution >= 0.6 is 0 Å². The zero-order valence-corrected chi connectivity index (χ0v) is 31.3. The van der Waals surface area contributed by atoms with Crippen molar-refractivity contribution in [2.24, 2.45) is 0 Å². The predicted octanol–water partition coefficient (Wildman–Crippen LogP) is 6.65. The predicted molar refractivity (Wildman–Crippen MR) is 214 cm³/mol. The molecule has 284 valence electrons. The van der Waals surface area contributed by atoms with Gasteiger partial charge in [0.05, 0.1) is 0 Å². The van der Waals surface area contributed by atoms with Gasteiger partial charge >= 0.3 is 0 Å². The van der Waals surface area contributed by atoms with Crippen molar-refractivity contribution in [1.82, 2.24) is 15.1 Å². The van der Waals surface area contributed by atoms with Gasteiger partial charge in [0.25, 0.3) is 5.91 Å². The van der Waals surface area contributed by atoms with Gasteiger partial charge in [-0.2, -0.15) is 0 Å². The number of fused-ring (bicyclic) bond motifs is 1. The molecule has 0 saturated carbocycles. The van der Waals surface area contributed by atoms with E-state index in [9.17, 15) is 19.5 Å². The number of aromatic hydroxyl groups is 1. The number of piperazine rings is 1. The Kier molecular flexibility index (Phi) is 10.2. The van der Waals surface area contributed by atoms with Crippen LogP contribution in [0.3, 0.4) is 0 Å². The number of nitrogens with zero attached hydrogens (tertiary/aromatic N) is 4. The second-order valence-electron chi connectivity index (χ2n) is 15.3. The molecule has 9 nitrogen and oxygen atoms in total. The first-order valence-electron chi connectivity index (χ1n) is 19.6. The molecule has 1 atom stereocenters. The van der Waals surface area contributed by atoms with E-state index in [1.54, 1.807) is 17.0 Å². The third kappa shape index (κ3) is 7.60. The maximum atomic E-state index is 16.4. The van der Waals surface area contributed by atoms with Crippen LogP contribution in [0.25, 0.3) is 11.1 Å². The molecule has 3 amide bonds. The maximum Gasteiger partial charge on any atom is 0.255 e. The van der Waals surface area contributed by atoms with Gasteiger partial charge < -0.3 is 19.8 Å². The van der Waals surface area contributed by atoms with Gasteiger partial charge in [0.1, 0.15) is 17.5 Å². The summed E-state index contributed by atoms with van der Waals surface area (Å²) in [6.45, 7) is 7.32. The van der Waals surface area contributed by atoms with Gasteiger partial charge in [0, 0.05) is 88.6 Å². The highest BCUT2D eigenvalue weighted by Crippen LogP contribution is 2.37. The first kappa shape index (κ1) is 36.5. The molecule has 3 saturated heterocycles. The SMILES string of the molecule is CCC(=C(c1ccc(O)cc1)c1ccc(N2CCC(F)(CN3CCN(c4ccc5c(c4)CN(C4CCC(=O)NC4=O)C5=O)CC3)CC2)cc1)c1ccccc1. The van der Waals surface area contributed by atoms with E-state index < -0.39 is 17.6 Å². The average molecular weight is 742 g/mol. The summed E-state index contributed by atoms with van der Waals surface area (Å²) in [5.41, 5.74) is 8.10. The number of hydrogen-bond donors (Lipinski definition) is 2. The lowest BCUT2D eigenvalue weighted by Gasteiger charge is -2.43. The van der Waals surface area contributed by atoms with E-state index in [2.05, 4.69) is 75.5 Å². The molecule has 0 spiro atoms. The Morgan fingerprint density at radius 2 is 1.42 bits per heavy atom. The summed E-state index contributed by atoms with van der Waals surface area (Å²) < 4.78 is 16.4. The summed E-state index contributed by atoms with van der Waals surface area (Å²) in [6, 6.07) is 31.7. The molecule has 0 radical (unpaired) electrons. The molecule has 1 unspecified atom stereocenters. The molecule has 4 heterocycles. The van der Waals surface area contributed by atoms with E-state index in [1.165, 1.54) is 11.1 Å². The lowest BCUT2D eigenvalue weighted by Crippen LogP contribution is -2.53. The van der Waals surface area contributed by atoms with Crippen LogP contribution in [-0.4, -0.2) is 90.2 Å². The molecule has 8 rings (SSSR count). The maximum absolute atomic E-state index is 16.4. The third-order valence-corrected chi connectivity index (χ3v) is 11.9. The number of nitrogens with one attached hydrogen (secondary N) is 1. The monoisotopic (exact) mass is 741 g/mol. The Hall–Kier alpha value is -5.48. The van der Waals surface area contributed by atoms with Crippen molar-refractivity contribution in [3.8, 4) is 5.75 Å². The topological polar surface area (TPSA) is 96.4 Å². The van der Waals surface area contributed by atoms with Crippen LogP contribution in [0.2, 0.25) is 0 Å². The fourth-order valence-corrected chi connectivity index (χ4v) is 8.79. The van der Waals surface area contributed by atoms with E-state index in [0.717, 1.165) is 66.2 Å². The van der Waals surface area contributed by atoms with Crippen LogP contribution < -0.4 is 15.1 Å². The van der Waals surface area contributed by atoms with Crippen molar-refractivity contribution in [3.05, 3.63) is 125 Å². The number of carbonyl (C=O) groups is 3. The van der Waals surface area contributed by atoms with Crippen molar-refractivity contribution < 1.29 is 23.9 Å². The fourth-order valence-electron chi connectivity index (χ4n) is 8.79. The van der Waals surface area contributed by atoms with Gasteiger partial charge in [0.2, 0.25) is 11.8 Å². The summed E-state index contributed by atoms with van der Waals surface area (Å²) >= 11 is 0. The summed E-state index contributed by atoms with van der Waals surface area (Å²) in [7, 11) is 0. The van der Waals surface area contributed by atoms with Crippen LogP contribution in [0.15, 0.2) is 97.1 Å². The highest BCUT2D eigenvalue weighted by Gasteiger charge is 2.40. The Bertz CT molecular complexity index is 2090. The van der Waals surface area contributed by atoms with Crippen molar-refractivity contribution >= 4 is 40.2 Å². The van der Waals surface area contributed by atoms with Crippen LogP contribution in [0.1, 0.15) is 71.6 Å². The number of carbonyl (C=O) groups excluding carboxylic acids is 3. The summed E-state index contributed by atoms with van der Waals surface area (Å²) in [6.07, 6.45) is 2.38. The fraction of sp³-hybridized carbons (Fsp3) is 0.356. The molecule has 4 aromatic rings. The standard InChI is InChI=1S/C45H48FN5O4/c1-2-38(31-6-4-3-5-7-31)42(33-10-15-37(52)16-11-33)32-8-12-35(13-9-32)49-22-20-45(46,21-23-49)30-48-24-26-50(27-25-48)36-14-17-39-34(28-36)29-51(44(39)55)40-18-19-41(53)47-43(40)54/h3-17,28,40,52H,2,18-27,29-30H2,1H3,(H,47,53,54). The molecule has 4 aromatic carbocycles. The normalized spacial score (nSPS) is 20.7. The van der Waals surface area contributed by atoms with Crippen LogP contribution in [-0.2, 0) is 16.1 Å². The number of rotatable bonds is 9. The van der Waals surface area contributed by atoms with E-state index >= 15 is 4.39 Å². The molecule has 10 heteroatoms. The minimum absolute atomic E-state index is 0.168. The minimum Gasteiger partial charge on any atom is -0.508 e. The zero-order valence-electron chi connectivity index (χ0n) is 31.3. The van der Waals surface area contributed by atoms with Gasteiger partial charge in [-0.15, -0.1) is 0 Å². The first-order chi connectivity index (χ1) is 26.7. The molecule has 0 aromatic heterocycles. The molecule has 3 fully saturated rings. The van der Waals surface area contributed by atoms with Gasteiger partial charge in [-0.25, -0.2) is 4.39 Å². The number of allylic oxidation sites excluding steroid dienone is 1. The Labute approximate surface area is 322 Å². The van der Waals surface area contributed by atoms with Crippen molar-refractivity contribution in [2.45, 2.75) is 57.3 Å². The average Bonchev–Trinajstić information content (AvgIpc) is 3.53. The Balaban J connectivity index is 0.868. The van der Waals surface area contributed by atoms with E-state index in [-0.39, 0.29) is 24.0 Å². The molecular formula is C45H48FN5O4. The Morgan fingerprint density at radius 3 is 2.07 bits per heavy atom. The number of phenolic OH excluding ortho intramolecular Hbond substituents is 1. The number of alkyl halides is 1. The molecule has 4 aliphatic rings. The number of anilines is 2. The van der Waals surface area contributed by atoms with Gasteiger partial charge in [-0.3, -0.25) is 24.6 Å². The number of benzene rings is 4. The lowest BCUT2D eigenvalue weighted by molar-refractivity contribution is -0.136. The summed E-state index contributed by atoms with van der Waals surface area (Å²) in [5.74, 6) is -0.625. The molecule has 4 aliphatic heterocycles. The molecule has 0 bridgehead atoms. The Morgan fingerprint density at radius 1 is 0.782 bits per heavy atom. The number of halogens is 1. The minimum atomic E-state index is -1.24. The van der Waals surface area contributed by atoms with E-state index in [1.807, 2.05) is 36.4 Å². The van der Waals surface area contributed by atoms with E-state index in [0.29, 0.717) is 51.0 Å². The first-order valence-corrected chi connectivity index (χ1v) is 19.6. The lowest BCUT2D eigenvalue weighted by atomic mass is 9.88. The molecule has 0 aliphatic carbocycles. The van der Waals surface area contributed by atoms with Crippen molar-refractivity contribution in [1.29, 1.82) is 0 Å². The molecule has 55 heavy (non-hydrogen) atoms. The number of hydrogen-bond acceptors (Lipinski definition) is 7. The summed E-state index contributed by atoms with van der Waals surface area (Å²) in [4.78, 5) is 45.6. The number of amides is 3. The molecule has 2 N–H and O–H groups in total. The van der Waals surface area contributed by atoms with Gasteiger partial charge in [-0.05, 0) is 88.7 Å². The second-order valence-corrected chi connectivity index (χ2v) is 15.3. The quantitative estimate of drug-likeness (QED) is 0.147. The van der Waals surface area contributed by atoms with E-state index in [4.69, 9.17) is 0 Å². The number of imide groups is 1. The van der Waals surface area contributed by atoms with Crippen LogP contribution in [0.4, 0.5) is 15.8 Å². The largest absolute Gasteiger partial charge is 0.508 e. The zero-order chi connectivity index (χ0) is 38.1. The third-order valence-electron chi connectivity index (χ3n) is 11.9. The van der Waals surface area contributed by atoms with Crippen LogP contribution in [0, 0.1) is 0 Å². The van der Waals surface area contributed by atoms with Crippen LogP contribution in [0.5, 0.6) is 5.75 Å². The smallest absolute Gasteiger partial charge is 0.255 e.